The number of rotatable bonds is 4. The number of nitroso groups, excluding NO2 is 1. The lowest BCUT2D eigenvalue weighted by molar-refractivity contribution is -0.607. The summed E-state index contributed by atoms with van der Waals surface area (Å²) in [5.41, 5.74) is 0.826. The van der Waals surface area contributed by atoms with E-state index >= 15 is 0 Å². The van der Waals surface area contributed by atoms with Crippen LogP contribution < -0.4 is 10.9 Å². The number of aromatic nitrogens is 1. The molecule has 2 aromatic rings. The van der Waals surface area contributed by atoms with Gasteiger partial charge in [0.25, 0.3) is 5.56 Å². The number of aromatic amines is 1. The number of phenolic OH excluding ortho intramolecular Hbond substituents is 1. The van der Waals surface area contributed by atoms with E-state index in [1.165, 1.54) is 12.1 Å². The van der Waals surface area contributed by atoms with Crippen molar-refractivity contribution in [3.05, 3.63) is 44.6 Å². The summed E-state index contributed by atoms with van der Waals surface area (Å²) in [4.78, 5) is 38.6. The lowest BCUT2D eigenvalue weighted by Gasteiger charge is -2.21. The molecular weight excluding hydrogens is 360 g/mol. The van der Waals surface area contributed by atoms with Crippen molar-refractivity contribution in [1.82, 2.24) is 10.3 Å². The molecule has 27 heavy (non-hydrogen) atoms. The summed E-state index contributed by atoms with van der Waals surface area (Å²) in [6.45, 7) is 1.00. The number of aromatic hydroxyl groups is 1. The third kappa shape index (κ3) is 3.96. The minimum atomic E-state index is -1.67. The lowest BCUT2D eigenvalue weighted by Crippen LogP contribution is -2.50. The van der Waals surface area contributed by atoms with Crippen molar-refractivity contribution in [2.45, 2.75) is 38.2 Å². The van der Waals surface area contributed by atoms with Gasteiger partial charge in [0, 0.05) is 38.1 Å². The number of piperidine rings is 1. The van der Waals surface area contributed by atoms with Gasteiger partial charge in [0.15, 0.2) is 12.3 Å². The van der Waals surface area contributed by atoms with Gasteiger partial charge in [0.1, 0.15) is 5.75 Å². The minimum absolute atomic E-state index is 0.0675. The number of carbonyl (C=O) groups is 1. The zero-order valence-electron chi connectivity index (χ0n) is 14.7. The van der Waals surface area contributed by atoms with Crippen molar-refractivity contribution in [2.24, 2.45) is 0 Å². The molecule has 9 heteroatoms. The number of nitrogens with zero attached hydrogens (tertiary/aromatic N) is 1. The largest absolute Gasteiger partial charge is 0.508 e. The van der Waals surface area contributed by atoms with Gasteiger partial charge >= 0.3 is 0 Å². The molecule has 1 amide bonds. The summed E-state index contributed by atoms with van der Waals surface area (Å²) in [5.74, 6) is -0.487. The number of aryl methyl sites for hydroxylation is 1. The average molecular weight is 380 g/mol. The number of pyridine rings is 1. The van der Waals surface area contributed by atoms with Crippen LogP contribution in [0.25, 0.3) is 10.9 Å². The molecule has 0 bridgehead atoms. The van der Waals surface area contributed by atoms with Gasteiger partial charge in [0.2, 0.25) is 18.5 Å². The summed E-state index contributed by atoms with van der Waals surface area (Å²) in [7, 11) is 0. The van der Waals surface area contributed by atoms with Gasteiger partial charge in [0.05, 0.1) is 13.0 Å². The maximum atomic E-state index is 13.8. The van der Waals surface area contributed by atoms with Crippen LogP contribution in [0.5, 0.6) is 5.75 Å². The Bertz CT molecular complexity index is 960. The molecule has 1 aromatic heterocycles. The summed E-state index contributed by atoms with van der Waals surface area (Å²) >= 11 is 0. The van der Waals surface area contributed by atoms with Crippen LogP contribution in [-0.4, -0.2) is 52.2 Å². The van der Waals surface area contributed by atoms with Crippen LogP contribution in [0, 0.1) is 11.8 Å². The predicted molar refractivity (Wildman–Crippen MR) is 94.4 cm³/mol. The molecule has 3 atom stereocenters. The molecule has 3 rings (SSSR count). The number of nitrogens with one attached hydrogen (secondary N) is 2. The fourth-order valence-electron chi connectivity index (χ4n) is 3.26. The van der Waals surface area contributed by atoms with E-state index in [9.17, 15) is 28.4 Å². The SMILES string of the molecule is Cc1c(O)ccc2[nH]c(=O)c(CC(=O)NCC3C(F)CC(F)C[N+]3=O)cc12. The van der Waals surface area contributed by atoms with Crippen LogP contribution in [0.3, 0.4) is 0 Å². The highest BCUT2D eigenvalue weighted by molar-refractivity contribution is 5.86. The van der Waals surface area contributed by atoms with Crippen molar-refractivity contribution in [2.75, 3.05) is 13.1 Å². The van der Waals surface area contributed by atoms with Gasteiger partial charge in [-0.3, -0.25) is 9.59 Å². The number of phenols is 1. The number of amides is 1. The van der Waals surface area contributed by atoms with Gasteiger partial charge in [-0.25, -0.2) is 8.78 Å². The Morgan fingerprint density at radius 1 is 1.41 bits per heavy atom. The number of alkyl halides is 2. The Morgan fingerprint density at radius 3 is 2.85 bits per heavy atom. The second-order valence-electron chi connectivity index (χ2n) is 6.79. The number of carbonyl (C=O) groups excluding carboxylic acids is 1. The summed E-state index contributed by atoms with van der Waals surface area (Å²) in [6, 6.07) is 3.41. The molecule has 0 spiro atoms. The first-order valence-corrected chi connectivity index (χ1v) is 8.59. The van der Waals surface area contributed by atoms with Gasteiger partial charge in [-0.15, -0.1) is 0 Å². The highest BCUT2D eigenvalue weighted by atomic mass is 19.1. The number of fused-ring (bicyclic) bond motifs is 1. The first-order chi connectivity index (χ1) is 12.8. The topological polar surface area (TPSA) is 102 Å². The van der Waals surface area contributed by atoms with Crippen LogP contribution in [0.15, 0.2) is 23.0 Å². The fraction of sp³-hybridized carbons (Fsp3) is 0.444. The van der Waals surface area contributed by atoms with Crippen molar-refractivity contribution in [1.29, 1.82) is 0 Å². The molecule has 7 nitrogen and oxygen atoms in total. The molecule has 0 saturated carbocycles. The van der Waals surface area contributed by atoms with E-state index in [1.807, 2.05) is 0 Å². The molecular formula is C18H20F2N3O4+. The standard InChI is InChI=1S/C18H19F2N3O4/c1-9-12-4-10(18(26)22-14(12)2-3-16(9)24)5-17(25)21-7-15-13(20)6-11(19)8-23(15)27/h2-4,11,13,15H,5-8H2,1H3,(H2-,21,22,24,25,26)/p+1. The molecule has 3 N–H and O–H groups in total. The van der Waals surface area contributed by atoms with E-state index in [-0.39, 0.29) is 30.7 Å². The Morgan fingerprint density at radius 2 is 2.15 bits per heavy atom. The maximum Gasteiger partial charge on any atom is 0.252 e. The molecule has 1 aliphatic rings. The molecule has 1 aliphatic heterocycles. The van der Waals surface area contributed by atoms with Crippen LogP contribution in [-0.2, 0) is 11.2 Å². The highest BCUT2D eigenvalue weighted by Gasteiger charge is 2.43. The van der Waals surface area contributed by atoms with Gasteiger partial charge in [-0.05, 0) is 25.1 Å². The smallest absolute Gasteiger partial charge is 0.252 e. The van der Waals surface area contributed by atoms with Gasteiger partial charge in [-0.2, -0.15) is 0 Å². The molecule has 3 unspecified atom stereocenters. The van der Waals surface area contributed by atoms with Crippen molar-refractivity contribution in [3.63, 3.8) is 0 Å². The highest BCUT2D eigenvalue weighted by Crippen LogP contribution is 2.24. The van der Waals surface area contributed by atoms with Crippen LogP contribution >= 0.6 is 0 Å². The third-order valence-electron chi connectivity index (χ3n) is 4.85. The van der Waals surface area contributed by atoms with Crippen LogP contribution in [0.1, 0.15) is 17.5 Å². The summed E-state index contributed by atoms with van der Waals surface area (Å²) < 4.78 is 27.3. The van der Waals surface area contributed by atoms with Crippen LogP contribution in [0.4, 0.5) is 8.78 Å². The quantitative estimate of drug-likeness (QED) is 0.698. The number of H-pyrrole nitrogens is 1. The zero-order chi connectivity index (χ0) is 19.7. The van der Waals surface area contributed by atoms with E-state index in [2.05, 4.69) is 10.3 Å². The Kier molecular flexibility index (Phi) is 5.20. The second-order valence-corrected chi connectivity index (χ2v) is 6.79. The molecule has 0 aliphatic carbocycles. The van der Waals surface area contributed by atoms with E-state index in [0.29, 0.717) is 21.2 Å². The third-order valence-corrected chi connectivity index (χ3v) is 4.85. The Hall–Kier alpha value is -2.84. The molecule has 2 heterocycles. The average Bonchev–Trinajstić information content (AvgIpc) is 2.58. The molecule has 1 aromatic carbocycles. The molecule has 1 fully saturated rings. The van der Waals surface area contributed by atoms with Gasteiger partial charge < -0.3 is 15.4 Å². The normalized spacial score (nSPS) is 22.8. The number of benzene rings is 1. The van der Waals surface area contributed by atoms with E-state index < -0.39 is 36.4 Å². The summed E-state index contributed by atoms with van der Waals surface area (Å²) in [5, 5.41) is 12.8. The fourth-order valence-corrected chi connectivity index (χ4v) is 3.26. The van der Waals surface area contributed by atoms with Crippen molar-refractivity contribution < 1.29 is 23.4 Å². The lowest BCUT2D eigenvalue weighted by atomic mass is 10.0. The van der Waals surface area contributed by atoms with E-state index in [1.54, 1.807) is 13.0 Å². The zero-order valence-corrected chi connectivity index (χ0v) is 14.7. The first kappa shape index (κ1) is 18.9. The Balaban J connectivity index is 1.71. The minimum Gasteiger partial charge on any atom is -0.508 e. The number of hydrogen-bond acceptors (Lipinski definition) is 4. The van der Waals surface area contributed by atoms with E-state index in [4.69, 9.17) is 0 Å². The Labute approximate surface area is 153 Å². The summed E-state index contributed by atoms with van der Waals surface area (Å²) in [6.07, 6.45) is -3.82. The first-order valence-electron chi connectivity index (χ1n) is 8.59. The molecule has 144 valence electrons. The molecule has 0 radical (unpaired) electrons. The number of halogens is 2. The monoisotopic (exact) mass is 380 g/mol. The molecule has 1 saturated heterocycles. The number of hydrogen-bond donors (Lipinski definition) is 3. The van der Waals surface area contributed by atoms with E-state index in [0.717, 1.165) is 0 Å². The van der Waals surface area contributed by atoms with Crippen molar-refractivity contribution in [3.8, 4) is 5.75 Å². The predicted octanol–water partition coefficient (Wildman–Crippen LogP) is 1.43. The van der Waals surface area contributed by atoms with Gasteiger partial charge in [-0.1, -0.05) is 0 Å². The van der Waals surface area contributed by atoms with Crippen LogP contribution in [0.2, 0.25) is 0 Å². The van der Waals surface area contributed by atoms with Crippen molar-refractivity contribution >= 4 is 16.8 Å². The second kappa shape index (κ2) is 7.42. The maximum absolute atomic E-state index is 13.8.